The van der Waals surface area contributed by atoms with Gasteiger partial charge in [-0.3, -0.25) is 0 Å². The Morgan fingerprint density at radius 1 is 1.28 bits per heavy atom. The molecule has 1 nitrogen and oxygen atoms in total. The number of rotatable bonds is 4. The van der Waals surface area contributed by atoms with Gasteiger partial charge in [-0.2, -0.15) is 11.8 Å². The van der Waals surface area contributed by atoms with Gasteiger partial charge in [-0.25, -0.2) is 0 Å². The smallest absolute Gasteiger partial charge is 0.0322 e. The molecule has 2 rings (SSSR count). The number of hydrogen-bond donors (Lipinski definition) is 1. The first-order valence-corrected chi connectivity index (χ1v) is 8.19. The van der Waals surface area contributed by atoms with Crippen LogP contribution in [-0.2, 0) is 0 Å². The second kappa shape index (κ2) is 6.63. The van der Waals surface area contributed by atoms with Crippen molar-refractivity contribution in [1.82, 2.24) is 5.32 Å². The molecule has 18 heavy (non-hydrogen) atoms. The van der Waals surface area contributed by atoms with Gasteiger partial charge in [0.05, 0.1) is 0 Å². The monoisotopic (exact) mass is 263 g/mol. The van der Waals surface area contributed by atoms with E-state index in [9.17, 15) is 0 Å². The Morgan fingerprint density at radius 2 is 2.00 bits per heavy atom. The molecule has 0 bridgehead atoms. The van der Waals surface area contributed by atoms with Gasteiger partial charge in [0, 0.05) is 6.04 Å². The van der Waals surface area contributed by atoms with Crippen molar-refractivity contribution in [2.45, 2.75) is 39.2 Å². The molecular formula is C16H25NS. The Kier molecular flexibility index (Phi) is 5.13. The van der Waals surface area contributed by atoms with Crippen molar-refractivity contribution in [3.05, 3.63) is 34.9 Å². The molecule has 1 N–H and O–H groups in total. The molecule has 1 unspecified atom stereocenters. The van der Waals surface area contributed by atoms with Crippen LogP contribution in [0.1, 0.15) is 42.0 Å². The van der Waals surface area contributed by atoms with Crippen molar-refractivity contribution < 1.29 is 0 Å². The van der Waals surface area contributed by atoms with Gasteiger partial charge in [-0.15, -0.1) is 0 Å². The zero-order valence-electron chi connectivity index (χ0n) is 11.8. The summed E-state index contributed by atoms with van der Waals surface area (Å²) in [7, 11) is 2.10. The standard InChI is InChI=1S/C16H25NS/c1-12-5-4-6-15(13(12)2)16(17-3)11-14-7-9-18-10-8-14/h4-6,14,16-17H,7-11H2,1-3H3. The molecule has 1 aromatic carbocycles. The minimum absolute atomic E-state index is 0.526. The van der Waals surface area contributed by atoms with Crippen LogP contribution in [0.3, 0.4) is 0 Å². The van der Waals surface area contributed by atoms with Crippen molar-refractivity contribution in [2.24, 2.45) is 5.92 Å². The molecule has 1 aliphatic rings. The molecule has 0 aromatic heterocycles. The summed E-state index contributed by atoms with van der Waals surface area (Å²) in [6.07, 6.45) is 4.09. The predicted octanol–water partition coefficient (Wildman–Crippen LogP) is 4.10. The molecule has 1 aromatic rings. The Labute approximate surface area is 116 Å². The van der Waals surface area contributed by atoms with Crippen molar-refractivity contribution >= 4 is 11.8 Å². The molecule has 0 spiro atoms. The first-order chi connectivity index (χ1) is 8.72. The molecule has 0 amide bonds. The van der Waals surface area contributed by atoms with Crippen LogP contribution in [0.15, 0.2) is 18.2 Å². The Morgan fingerprint density at radius 3 is 2.67 bits per heavy atom. The summed E-state index contributed by atoms with van der Waals surface area (Å²) in [5, 5.41) is 3.53. The van der Waals surface area contributed by atoms with E-state index in [-0.39, 0.29) is 0 Å². The van der Waals surface area contributed by atoms with Gasteiger partial charge in [0.25, 0.3) is 0 Å². The summed E-state index contributed by atoms with van der Waals surface area (Å²) < 4.78 is 0. The first-order valence-electron chi connectivity index (χ1n) is 7.03. The summed E-state index contributed by atoms with van der Waals surface area (Å²) in [4.78, 5) is 0. The molecule has 0 aliphatic carbocycles. The fourth-order valence-corrected chi connectivity index (χ4v) is 4.07. The maximum atomic E-state index is 3.53. The number of thioether (sulfide) groups is 1. The van der Waals surface area contributed by atoms with Crippen molar-refractivity contribution in [3.8, 4) is 0 Å². The summed E-state index contributed by atoms with van der Waals surface area (Å²) >= 11 is 2.11. The second-order valence-electron chi connectivity index (χ2n) is 5.42. The van der Waals surface area contributed by atoms with Gasteiger partial charge < -0.3 is 5.32 Å². The molecule has 2 heteroatoms. The third-order valence-corrected chi connectivity index (χ3v) is 5.33. The van der Waals surface area contributed by atoms with Crippen LogP contribution in [0.25, 0.3) is 0 Å². The number of hydrogen-bond acceptors (Lipinski definition) is 2. The van der Waals surface area contributed by atoms with E-state index in [1.165, 1.54) is 47.5 Å². The zero-order valence-corrected chi connectivity index (χ0v) is 12.6. The molecule has 1 fully saturated rings. The van der Waals surface area contributed by atoms with Crippen LogP contribution in [0.2, 0.25) is 0 Å². The van der Waals surface area contributed by atoms with Crippen LogP contribution >= 0.6 is 11.8 Å². The van der Waals surface area contributed by atoms with E-state index in [1.54, 1.807) is 0 Å². The quantitative estimate of drug-likeness (QED) is 0.878. The molecular weight excluding hydrogens is 238 g/mol. The van der Waals surface area contributed by atoms with E-state index in [4.69, 9.17) is 0 Å². The van der Waals surface area contributed by atoms with Gasteiger partial charge >= 0.3 is 0 Å². The van der Waals surface area contributed by atoms with Gasteiger partial charge in [0.2, 0.25) is 0 Å². The molecule has 1 heterocycles. The Balaban J connectivity index is 2.09. The van der Waals surface area contributed by atoms with Gasteiger partial charge in [-0.1, -0.05) is 18.2 Å². The fourth-order valence-electron chi connectivity index (χ4n) is 2.87. The maximum Gasteiger partial charge on any atom is 0.0322 e. The largest absolute Gasteiger partial charge is 0.313 e. The lowest BCUT2D eigenvalue weighted by atomic mass is 9.88. The van der Waals surface area contributed by atoms with E-state index >= 15 is 0 Å². The van der Waals surface area contributed by atoms with Crippen molar-refractivity contribution in [3.63, 3.8) is 0 Å². The maximum absolute atomic E-state index is 3.53. The molecule has 1 saturated heterocycles. The Hall–Kier alpha value is -0.470. The minimum atomic E-state index is 0.526. The molecule has 1 aliphatic heterocycles. The van der Waals surface area contributed by atoms with E-state index in [0.29, 0.717) is 6.04 Å². The summed E-state index contributed by atoms with van der Waals surface area (Å²) in [6, 6.07) is 7.22. The zero-order chi connectivity index (χ0) is 13.0. The Bertz CT molecular complexity index is 383. The number of aryl methyl sites for hydroxylation is 1. The predicted molar refractivity (Wildman–Crippen MR) is 82.4 cm³/mol. The van der Waals surface area contributed by atoms with Crippen LogP contribution in [0.5, 0.6) is 0 Å². The fraction of sp³-hybridized carbons (Fsp3) is 0.625. The van der Waals surface area contributed by atoms with Crippen LogP contribution < -0.4 is 5.32 Å². The highest BCUT2D eigenvalue weighted by atomic mass is 32.2. The lowest BCUT2D eigenvalue weighted by Gasteiger charge is -2.27. The van der Waals surface area contributed by atoms with E-state index in [2.05, 4.69) is 56.2 Å². The van der Waals surface area contributed by atoms with Crippen molar-refractivity contribution in [1.29, 1.82) is 0 Å². The van der Waals surface area contributed by atoms with Crippen molar-refractivity contribution in [2.75, 3.05) is 18.6 Å². The lowest BCUT2D eigenvalue weighted by molar-refractivity contribution is 0.383. The number of nitrogens with one attached hydrogen (secondary N) is 1. The number of benzene rings is 1. The molecule has 1 atom stereocenters. The minimum Gasteiger partial charge on any atom is -0.313 e. The SMILES string of the molecule is CNC(CC1CCSCC1)c1cccc(C)c1C. The van der Waals surface area contributed by atoms with E-state index in [1.807, 2.05) is 0 Å². The summed E-state index contributed by atoms with van der Waals surface area (Å²) in [5.41, 5.74) is 4.37. The lowest BCUT2D eigenvalue weighted by Crippen LogP contribution is -2.23. The van der Waals surface area contributed by atoms with E-state index in [0.717, 1.165) is 5.92 Å². The third kappa shape index (κ3) is 3.30. The van der Waals surface area contributed by atoms with Crippen LogP contribution in [0.4, 0.5) is 0 Å². The van der Waals surface area contributed by atoms with Gasteiger partial charge in [0.1, 0.15) is 0 Å². The topological polar surface area (TPSA) is 12.0 Å². The molecule has 100 valence electrons. The average Bonchev–Trinajstić information content (AvgIpc) is 2.41. The summed E-state index contributed by atoms with van der Waals surface area (Å²) in [6.45, 7) is 4.47. The van der Waals surface area contributed by atoms with E-state index < -0.39 is 0 Å². The average molecular weight is 263 g/mol. The normalized spacial score (nSPS) is 18.8. The highest BCUT2D eigenvalue weighted by Gasteiger charge is 2.20. The highest BCUT2D eigenvalue weighted by Crippen LogP contribution is 2.32. The van der Waals surface area contributed by atoms with Crippen LogP contribution in [0, 0.1) is 19.8 Å². The molecule has 0 saturated carbocycles. The molecule has 0 radical (unpaired) electrons. The van der Waals surface area contributed by atoms with Crippen LogP contribution in [-0.4, -0.2) is 18.6 Å². The van der Waals surface area contributed by atoms with Gasteiger partial charge in [0.15, 0.2) is 0 Å². The first kappa shape index (κ1) is 14.0. The summed E-state index contributed by atoms with van der Waals surface area (Å²) in [5.74, 6) is 3.62. The van der Waals surface area contributed by atoms with Gasteiger partial charge in [-0.05, 0) is 74.3 Å². The third-order valence-electron chi connectivity index (χ3n) is 4.28. The second-order valence-corrected chi connectivity index (χ2v) is 6.65. The highest BCUT2D eigenvalue weighted by molar-refractivity contribution is 7.99.